The third-order valence-electron chi connectivity index (χ3n) is 6.89. The molecule has 1 aromatic heterocycles. The standard InChI is InChI=1S/C24H31N3O/c1-24-17-21(20-11-5-3-6-12-20)27(22(24)13-7-4-8-15-26(24)2)23(28)16-19-10-9-14-25-18-19/h3,5-6,9-12,14,18,21-22H,4,7-8,13,15-17H2,1-2H3/t21-,22-,24-/m0/s1. The fourth-order valence-corrected chi connectivity index (χ4v) is 5.19. The highest BCUT2D eigenvalue weighted by atomic mass is 16.2. The maximum absolute atomic E-state index is 13.6. The Bertz CT molecular complexity index is 794. The quantitative estimate of drug-likeness (QED) is 0.803. The molecular formula is C24H31N3O. The van der Waals surface area contributed by atoms with Crippen molar-refractivity contribution in [3.63, 3.8) is 0 Å². The van der Waals surface area contributed by atoms with E-state index in [1.807, 2.05) is 18.3 Å². The smallest absolute Gasteiger partial charge is 0.227 e. The lowest BCUT2D eigenvalue weighted by atomic mass is 9.84. The lowest BCUT2D eigenvalue weighted by Crippen LogP contribution is -2.55. The second kappa shape index (κ2) is 8.04. The van der Waals surface area contributed by atoms with Crippen LogP contribution < -0.4 is 0 Å². The molecule has 4 nitrogen and oxygen atoms in total. The molecule has 0 radical (unpaired) electrons. The van der Waals surface area contributed by atoms with Gasteiger partial charge in [-0.25, -0.2) is 0 Å². The van der Waals surface area contributed by atoms with Gasteiger partial charge >= 0.3 is 0 Å². The van der Waals surface area contributed by atoms with Gasteiger partial charge < -0.3 is 4.90 Å². The number of carbonyl (C=O) groups is 1. The molecule has 2 fully saturated rings. The molecule has 28 heavy (non-hydrogen) atoms. The van der Waals surface area contributed by atoms with Crippen LogP contribution in [-0.2, 0) is 11.2 Å². The van der Waals surface area contributed by atoms with Gasteiger partial charge in [-0.2, -0.15) is 0 Å². The van der Waals surface area contributed by atoms with Gasteiger partial charge in [0.25, 0.3) is 0 Å². The molecule has 4 rings (SSSR count). The average molecular weight is 378 g/mol. The number of hydrogen-bond donors (Lipinski definition) is 0. The van der Waals surface area contributed by atoms with Crippen LogP contribution in [0.2, 0.25) is 0 Å². The SMILES string of the molecule is CN1CCCCC[C@@H]2N(C(=O)Cc3cccnc3)[C@H](c3ccccc3)C[C@@]21C. The summed E-state index contributed by atoms with van der Waals surface area (Å²) in [6, 6.07) is 14.9. The third kappa shape index (κ3) is 3.58. The van der Waals surface area contributed by atoms with Crippen molar-refractivity contribution in [2.24, 2.45) is 0 Å². The number of likely N-dealkylation sites (N-methyl/N-ethyl adjacent to an activating group) is 1. The highest BCUT2D eigenvalue weighted by Crippen LogP contribution is 2.47. The number of rotatable bonds is 3. The zero-order valence-electron chi connectivity index (χ0n) is 17.1. The second-order valence-corrected chi connectivity index (χ2v) is 8.61. The average Bonchev–Trinajstić information content (AvgIpc) is 3.01. The number of nitrogens with zero attached hydrogens (tertiary/aromatic N) is 3. The van der Waals surface area contributed by atoms with Crippen LogP contribution in [0.3, 0.4) is 0 Å². The number of amides is 1. The maximum Gasteiger partial charge on any atom is 0.227 e. The molecule has 2 saturated heterocycles. The molecule has 0 N–H and O–H groups in total. The Labute approximate surface area is 168 Å². The molecule has 148 valence electrons. The van der Waals surface area contributed by atoms with E-state index < -0.39 is 0 Å². The molecule has 0 unspecified atom stereocenters. The van der Waals surface area contributed by atoms with Crippen LogP contribution in [0.4, 0.5) is 0 Å². The minimum Gasteiger partial charge on any atom is -0.330 e. The van der Waals surface area contributed by atoms with Crippen molar-refractivity contribution in [3.05, 3.63) is 66.0 Å². The van der Waals surface area contributed by atoms with Gasteiger partial charge in [-0.15, -0.1) is 0 Å². The van der Waals surface area contributed by atoms with Crippen molar-refractivity contribution in [1.29, 1.82) is 0 Å². The minimum absolute atomic E-state index is 0.0194. The number of hydrogen-bond acceptors (Lipinski definition) is 3. The summed E-state index contributed by atoms with van der Waals surface area (Å²) in [4.78, 5) is 22.5. The van der Waals surface area contributed by atoms with Crippen molar-refractivity contribution >= 4 is 5.91 Å². The molecule has 0 saturated carbocycles. The van der Waals surface area contributed by atoms with Gasteiger partial charge in [-0.3, -0.25) is 14.7 Å². The van der Waals surface area contributed by atoms with Gasteiger partial charge in [0, 0.05) is 17.9 Å². The first-order chi connectivity index (χ1) is 13.6. The van der Waals surface area contributed by atoms with Crippen molar-refractivity contribution in [2.75, 3.05) is 13.6 Å². The van der Waals surface area contributed by atoms with Crippen LogP contribution in [0, 0.1) is 0 Å². The van der Waals surface area contributed by atoms with Gasteiger partial charge in [-0.1, -0.05) is 49.2 Å². The Balaban J connectivity index is 1.70. The highest BCUT2D eigenvalue weighted by Gasteiger charge is 2.53. The van der Waals surface area contributed by atoms with E-state index >= 15 is 0 Å². The fraction of sp³-hybridized carbons (Fsp3) is 0.500. The second-order valence-electron chi connectivity index (χ2n) is 8.61. The number of aromatic nitrogens is 1. The Morgan fingerprint density at radius 3 is 2.71 bits per heavy atom. The fourth-order valence-electron chi connectivity index (χ4n) is 5.19. The first-order valence-electron chi connectivity index (χ1n) is 10.6. The van der Waals surface area contributed by atoms with E-state index in [0.29, 0.717) is 6.42 Å². The summed E-state index contributed by atoms with van der Waals surface area (Å²) in [6.45, 7) is 3.48. The molecule has 3 heterocycles. The van der Waals surface area contributed by atoms with Gasteiger partial charge in [-0.05, 0) is 57.0 Å². The maximum atomic E-state index is 13.6. The van der Waals surface area contributed by atoms with E-state index in [1.54, 1.807) is 6.20 Å². The molecular weight excluding hydrogens is 346 g/mol. The molecule has 2 aliphatic heterocycles. The summed E-state index contributed by atoms with van der Waals surface area (Å²) in [6.07, 6.45) is 9.78. The van der Waals surface area contributed by atoms with Crippen LogP contribution in [-0.4, -0.2) is 45.9 Å². The van der Waals surface area contributed by atoms with E-state index in [1.165, 1.54) is 24.8 Å². The van der Waals surface area contributed by atoms with Crippen molar-refractivity contribution in [3.8, 4) is 0 Å². The Hall–Kier alpha value is -2.20. The Kier molecular flexibility index (Phi) is 5.49. The number of fused-ring (bicyclic) bond motifs is 1. The Morgan fingerprint density at radius 1 is 1.14 bits per heavy atom. The first kappa shape index (κ1) is 19.1. The Morgan fingerprint density at radius 2 is 1.96 bits per heavy atom. The predicted molar refractivity (Wildman–Crippen MR) is 112 cm³/mol. The van der Waals surface area contributed by atoms with Crippen molar-refractivity contribution in [2.45, 2.75) is 63.1 Å². The largest absolute Gasteiger partial charge is 0.330 e. The van der Waals surface area contributed by atoms with E-state index in [-0.39, 0.29) is 23.5 Å². The zero-order chi connectivity index (χ0) is 19.6. The molecule has 0 aliphatic carbocycles. The predicted octanol–water partition coefficient (Wildman–Crippen LogP) is 4.23. The lowest BCUT2D eigenvalue weighted by molar-refractivity contribution is -0.135. The monoisotopic (exact) mass is 377 g/mol. The van der Waals surface area contributed by atoms with Crippen molar-refractivity contribution < 1.29 is 4.79 Å². The molecule has 4 heteroatoms. The molecule has 1 aromatic carbocycles. The highest BCUT2D eigenvalue weighted by molar-refractivity contribution is 5.80. The summed E-state index contributed by atoms with van der Waals surface area (Å²) in [5, 5.41) is 0. The lowest BCUT2D eigenvalue weighted by Gasteiger charge is -2.43. The molecule has 0 spiro atoms. The zero-order valence-corrected chi connectivity index (χ0v) is 17.1. The number of benzene rings is 1. The molecule has 2 aliphatic rings. The summed E-state index contributed by atoms with van der Waals surface area (Å²) in [7, 11) is 2.25. The van der Waals surface area contributed by atoms with Gasteiger partial charge in [0.2, 0.25) is 5.91 Å². The number of pyridine rings is 1. The molecule has 1 amide bonds. The first-order valence-corrected chi connectivity index (χ1v) is 10.6. The summed E-state index contributed by atoms with van der Waals surface area (Å²) >= 11 is 0. The van der Waals surface area contributed by atoms with E-state index in [9.17, 15) is 4.79 Å². The van der Waals surface area contributed by atoms with E-state index in [0.717, 1.165) is 24.9 Å². The summed E-state index contributed by atoms with van der Waals surface area (Å²) in [5.74, 6) is 0.226. The van der Waals surface area contributed by atoms with Crippen LogP contribution >= 0.6 is 0 Å². The van der Waals surface area contributed by atoms with Gasteiger partial charge in [0.15, 0.2) is 0 Å². The molecule has 3 atom stereocenters. The van der Waals surface area contributed by atoms with Gasteiger partial charge in [0.1, 0.15) is 0 Å². The van der Waals surface area contributed by atoms with Crippen molar-refractivity contribution in [1.82, 2.24) is 14.8 Å². The van der Waals surface area contributed by atoms with Crippen LogP contribution in [0.15, 0.2) is 54.9 Å². The number of carbonyl (C=O) groups excluding carboxylic acids is 1. The molecule has 2 aromatic rings. The van der Waals surface area contributed by atoms with Crippen LogP contribution in [0.1, 0.15) is 56.2 Å². The van der Waals surface area contributed by atoms with Crippen LogP contribution in [0.5, 0.6) is 0 Å². The van der Waals surface area contributed by atoms with E-state index in [4.69, 9.17) is 0 Å². The number of likely N-dealkylation sites (tertiary alicyclic amines) is 2. The topological polar surface area (TPSA) is 36.4 Å². The summed E-state index contributed by atoms with van der Waals surface area (Å²) < 4.78 is 0. The third-order valence-corrected chi connectivity index (χ3v) is 6.89. The minimum atomic E-state index is 0.0194. The normalized spacial score (nSPS) is 28.4. The van der Waals surface area contributed by atoms with E-state index in [2.05, 4.69) is 59.1 Å². The molecule has 0 bridgehead atoms. The summed E-state index contributed by atoms with van der Waals surface area (Å²) in [5.41, 5.74) is 2.27. The van der Waals surface area contributed by atoms with Gasteiger partial charge in [0.05, 0.1) is 18.5 Å². The van der Waals surface area contributed by atoms with Crippen LogP contribution in [0.25, 0.3) is 0 Å².